The van der Waals surface area contributed by atoms with Crippen LogP contribution in [0.3, 0.4) is 0 Å². The van der Waals surface area contributed by atoms with Gasteiger partial charge in [0.15, 0.2) is 10.6 Å². The lowest BCUT2D eigenvalue weighted by atomic mass is 10.2. The second kappa shape index (κ2) is 6.05. The molecule has 0 saturated carbocycles. The average Bonchev–Trinajstić information content (AvgIpc) is 2.75. The summed E-state index contributed by atoms with van der Waals surface area (Å²) >= 11 is 1.35. The highest BCUT2D eigenvalue weighted by Crippen LogP contribution is 2.16. The van der Waals surface area contributed by atoms with Crippen molar-refractivity contribution < 1.29 is 14.7 Å². The molecule has 2 aromatic rings. The Balaban J connectivity index is 2.52. The van der Waals surface area contributed by atoms with E-state index in [4.69, 9.17) is 5.11 Å². The number of carboxylic acid groups (broad SMARTS) is 1. The molecular formula is C15H16N2O3S. The topological polar surface area (TPSA) is 71.7 Å². The van der Waals surface area contributed by atoms with Crippen LogP contribution >= 0.6 is 11.3 Å². The van der Waals surface area contributed by atoms with Crippen LogP contribution in [0.25, 0.3) is 0 Å². The monoisotopic (exact) mass is 304 g/mol. The number of hydrogen-bond acceptors (Lipinski definition) is 4. The fourth-order valence-electron chi connectivity index (χ4n) is 2.06. The molecule has 1 heterocycles. The summed E-state index contributed by atoms with van der Waals surface area (Å²) in [4.78, 5) is 28.4. The van der Waals surface area contributed by atoms with Crippen LogP contribution in [-0.2, 0) is 6.54 Å². The van der Waals surface area contributed by atoms with Crippen LogP contribution in [0.4, 0.5) is 5.69 Å². The van der Waals surface area contributed by atoms with Crippen LogP contribution < -0.4 is 4.80 Å². The zero-order valence-corrected chi connectivity index (χ0v) is 12.9. The molecule has 21 heavy (non-hydrogen) atoms. The Kier molecular flexibility index (Phi) is 4.37. The van der Waals surface area contributed by atoms with Crippen molar-refractivity contribution in [3.63, 3.8) is 0 Å². The molecule has 0 radical (unpaired) electrons. The summed E-state index contributed by atoms with van der Waals surface area (Å²) in [7, 11) is 0. The number of hydrogen-bond donors (Lipinski definition) is 1. The molecule has 0 aliphatic carbocycles. The van der Waals surface area contributed by atoms with Crippen LogP contribution in [0, 0.1) is 6.92 Å². The van der Waals surface area contributed by atoms with Crippen molar-refractivity contribution >= 4 is 28.8 Å². The molecule has 1 aromatic carbocycles. The van der Waals surface area contributed by atoms with E-state index in [9.17, 15) is 9.59 Å². The van der Waals surface area contributed by atoms with Gasteiger partial charge >= 0.3 is 5.97 Å². The molecule has 0 amide bonds. The van der Waals surface area contributed by atoms with Crippen molar-refractivity contribution in [1.82, 2.24) is 4.57 Å². The molecule has 0 fully saturated rings. The molecule has 2 rings (SSSR count). The van der Waals surface area contributed by atoms with Gasteiger partial charge in [0.05, 0.1) is 16.1 Å². The highest BCUT2D eigenvalue weighted by molar-refractivity contribution is 7.11. The third-order valence-electron chi connectivity index (χ3n) is 3.13. The van der Waals surface area contributed by atoms with E-state index < -0.39 is 5.97 Å². The first-order valence-electron chi connectivity index (χ1n) is 6.53. The van der Waals surface area contributed by atoms with Crippen molar-refractivity contribution in [3.8, 4) is 0 Å². The van der Waals surface area contributed by atoms with Crippen molar-refractivity contribution in [3.05, 3.63) is 45.2 Å². The number of carbonyl (C=O) groups excluding carboxylic acids is 1. The third-order valence-corrected chi connectivity index (χ3v) is 4.41. The van der Waals surface area contributed by atoms with Gasteiger partial charge in [-0.1, -0.05) is 11.3 Å². The maximum Gasteiger partial charge on any atom is 0.335 e. The Morgan fingerprint density at radius 2 is 1.90 bits per heavy atom. The minimum absolute atomic E-state index is 0.0300. The van der Waals surface area contributed by atoms with Crippen LogP contribution in [0.5, 0.6) is 0 Å². The van der Waals surface area contributed by atoms with E-state index in [1.54, 1.807) is 19.1 Å². The second-order valence-corrected chi connectivity index (χ2v) is 5.54. The zero-order chi connectivity index (χ0) is 15.6. The molecule has 0 spiro atoms. The van der Waals surface area contributed by atoms with Gasteiger partial charge in [-0.3, -0.25) is 4.79 Å². The van der Waals surface area contributed by atoms with Gasteiger partial charge in [0, 0.05) is 19.2 Å². The van der Waals surface area contributed by atoms with Crippen molar-refractivity contribution in [1.29, 1.82) is 0 Å². The molecule has 0 atom stereocenters. The number of nitrogens with zero attached hydrogens (tertiary/aromatic N) is 2. The number of carbonyl (C=O) groups is 2. The third kappa shape index (κ3) is 3.11. The number of aromatic nitrogens is 1. The quantitative estimate of drug-likeness (QED) is 0.883. The average molecular weight is 304 g/mol. The molecule has 110 valence electrons. The maximum atomic E-state index is 11.6. The van der Waals surface area contributed by atoms with E-state index >= 15 is 0 Å². The SMILES string of the molecule is CCn1c(C)c(C(C)=O)s/c1=N/c1ccc(C(=O)O)cc1. The number of benzene rings is 1. The summed E-state index contributed by atoms with van der Waals surface area (Å²) in [6.07, 6.45) is 0. The largest absolute Gasteiger partial charge is 0.478 e. The highest BCUT2D eigenvalue weighted by Gasteiger charge is 2.12. The molecule has 1 N–H and O–H groups in total. The Morgan fingerprint density at radius 3 is 2.38 bits per heavy atom. The normalized spacial score (nSPS) is 11.7. The van der Waals surface area contributed by atoms with Crippen LogP contribution in [-0.4, -0.2) is 21.4 Å². The summed E-state index contributed by atoms with van der Waals surface area (Å²) < 4.78 is 1.98. The molecule has 0 unspecified atom stereocenters. The molecular weight excluding hydrogens is 288 g/mol. The van der Waals surface area contributed by atoms with E-state index in [0.717, 1.165) is 17.0 Å². The minimum Gasteiger partial charge on any atom is -0.478 e. The Morgan fingerprint density at radius 1 is 1.29 bits per heavy atom. The van der Waals surface area contributed by atoms with E-state index in [-0.39, 0.29) is 11.3 Å². The number of aromatic carboxylic acids is 1. The van der Waals surface area contributed by atoms with E-state index in [0.29, 0.717) is 10.6 Å². The predicted molar refractivity (Wildman–Crippen MR) is 81.3 cm³/mol. The first kappa shape index (κ1) is 15.2. The van der Waals surface area contributed by atoms with Crippen molar-refractivity contribution in [2.75, 3.05) is 0 Å². The van der Waals surface area contributed by atoms with Crippen molar-refractivity contribution in [2.24, 2.45) is 4.99 Å². The number of Topliss-reactive ketones (excluding diaryl/α,β-unsaturated/α-hetero) is 1. The van der Waals surface area contributed by atoms with Crippen molar-refractivity contribution in [2.45, 2.75) is 27.3 Å². The number of rotatable bonds is 4. The highest BCUT2D eigenvalue weighted by atomic mass is 32.1. The summed E-state index contributed by atoms with van der Waals surface area (Å²) in [6.45, 7) is 6.17. The van der Waals surface area contributed by atoms with Gasteiger partial charge in [0.1, 0.15) is 0 Å². The Hall–Kier alpha value is -2.21. The summed E-state index contributed by atoms with van der Waals surface area (Å²) in [5.74, 6) is -0.932. The molecule has 0 bridgehead atoms. The molecule has 0 aliphatic rings. The van der Waals surface area contributed by atoms with Gasteiger partial charge in [-0.15, -0.1) is 0 Å². The number of thiazole rings is 1. The fraction of sp³-hybridized carbons (Fsp3) is 0.267. The first-order valence-corrected chi connectivity index (χ1v) is 7.35. The second-order valence-electron chi connectivity index (χ2n) is 4.56. The van der Waals surface area contributed by atoms with E-state index in [1.807, 2.05) is 18.4 Å². The van der Waals surface area contributed by atoms with Crippen LogP contribution in [0.1, 0.15) is 39.6 Å². The number of ketones is 1. The van der Waals surface area contributed by atoms with Gasteiger partial charge < -0.3 is 9.67 Å². The summed E-state index contributed by atoms with van der Waals surface area (Å²) in [5, 5.41) is 8.88. The van der Waals surface area contributed by atoms with Gasteiger partial charge in [-0.05, 0) is 38.1 Å². The lowest BCUT2D eigenvalue weighted by Crippen LogP contribution is -2.14. The predicted octanol–water partition coefficient (Wildman–Crippen LogP) is 3.01. The molecule has 6 heteroatoms. The minimum atomic E-state index is -0.962. The van der Waals surface area contributed by atoms with Gasteiger partial charge in [-0.2, -0.15) is 0 Å². The van der Waals surface area contributed by atoms with Gasteiger partial charge in [0.2, 0.25) is 0 Å². The molecule has 1 aromatic heterocycles. The van der Waals surface area contributed by atoms with Crippen LogP contribution in [0.15, 0.2) is 29.3 Å². The maximum absolute atomic E-state index is 11.6. The first-order chi connectivity index (χ1) is 9.93. The van der Waals surface area contributed by atoms with Crippen LogP contribution in [0.2, 0.25) is 0 Å². The molecule has 0 saturated heterocycles. The number of carboxylic acids is 1. The fourth-order valence-corrected chi connectivity index (χ4v) is 3.17. The van der Waals surface area contributed by atoms with E-state index in [1.165, 1.54) is 23.5 Å². The Bertz CT molecular complexity index is 754. The van der Waals surface area contributed by atoms with Gasteiger partial charge in [0.25, 0.3) is 0 Å². The lowest BCUT2D eigenvalue weighted by molar-refractivity contribution is 0.0696. The van der Waals surface area contributed by atoms with Gasteiger partial charge in [-0.25, -0.2) is 9.79 Å². The molecule has 5 nitrogen and oxygen atoms in total. The summed E-state index contributed by atoms with van der Waals surface area (Å²) in [6, 6.07) is 6.35. The smallest absolute Gasteiger partial charge is 0.335 e. The zero-order valence-electron chi connectivity index (χ0n) is 12.1. The Labute approximate surface area is 126 Å². The standard InChI is InChI=1S/C15H16N2O3S/c1-4-17-9(2)13(10(3)18)21-15(17)16-12-7-5-11(6-8-12)14(19)20/h5-8H,4H2,1-3H3,(H,19,20)/b16-15+. The van der Waals surface area contributed by atoms with E-state index in [2.05, 4.69) is 4.99 Å². The molecule has 0 aliphatic heterocycles. The lowest BCUT2D eigenvalue weighted by Gasteiger charge is -2.01. The summed E-state index contributed by atoms with van der Waals surface area (Å²) in [5.41, 5.74) is 1.80.